The molecule has 114 valence electrons. The minimum absolute atomic E-state index is 0.596. The van der Waals surface area contributed by atoms with Crippen LogP contribution in [0.5, 0.6) is 11.5 Å². The molecule has 1 heterocycles. The van der Waals surface area contributed by atoms with Gasteiger partial charge in [0.2, 0.25) is 0 Å². The zero-order valence-corrected chi connectivity index (χ0v) is 13.4. The Hall–Kier alpha value is -2.49. The number of methoxy groups -OCH3 is 1. The Balaban J connectivity index is 2.16. The molecule has 0 amide bonds. The normalized spacial score (nSPS) is 10.9. The van der Waals surface area contributed by atoms with Crippen molar-refractivity contribution in [2.45, 2.75) is 20.8 Å². The number of fused-ring (bicyclic) bond motifs is 1. The van der Waals surface area contributed by atoms with E-state index in [2.05, 4.69) is 31.0 Å². The molecule has 0 saturated carbocycles. The van der Waals surface area contributed by atoms with E-state index >= 15 is 0 Å². The molecule has 0 fully saturated rings. The van der Waals surface area contributed by atoms with Crippen LogP contribution in [0.2, 0.25) is 0 Å². The number of rotatable bonds is 4. The number of benzene rings is 2. The fraction of sp³-hybridized carbons (Fsp3) is 0.278. The van der Waals surface area contributed by atoms with Crippen LogP contribution < -0.4 is 9.47 Å². The van der Waals surface area contributed by atoms with E-state index in [0.717, 1.165) is 28.2 Å². The van der Waals surface area contributed by atoms with Crippen molar-refractivity contribution in [1.82, 2.24) is 9.97 Å². The molecule has 4 nitrogen and oxygen atoms in total. The molecule has 2 aromatic carbocycles. The van der Waals surface area contributed by atoms with Crippen LogP contribution in [0.15, 0.2) is 30.3 Å². The van der Waals surface area contributed by atoms with Gasteiger partial charge in [-0.3, -0.25) is 0 Å². The molecule has 0 aliphatic heterocycles. The van der Waals surface area contributed by atoms with Gasteiger partial charge in [0.15, 0.2) is 11.5 Å². The summed E-state index contributed by atoms with van der Waals surface area (Å²) in [4.78, 5) is 8.08. The lowest BCUT2D eigenvalue weighted by molar-refractivity contribution is 0.311. The van der Waals surface area contributed by atoms with Gasteiger partial charge in [0, 0.05) is 0 Å². The van der Waals surface area contributed by atoms with Crippen LogP contribution in [0.4, 0.5) is 0 Å². The number of aromatic nitrogens is 2. The summed E-state index contributed by atoms with van der Waals surface area (Å²) in [5, 5.41) is 0. The SMILES string of the molecule is CCOc1cccc(-c2nc3cc(C)c(C)cc3[nH]2)c1OC. The zero-order valence-electron chi connectivity index (χ0n) is 13.4. The summed E-state index contributed by atoms with van der Waals surface area (Å²) in [7, 11) is 1.65. The maximum atomic E-state index is 5.64. The second-order valence-corrected chi connectivity index (χ2v) is 5.31. The van der Waals surface area contributed by atoms with Crippen molar-refractivity contribution < 1.29 is 9.47 Å². The lowest BCUT2D eigenvalue weighted by atomic mass is 10.1. The van der Waals surface area contributed by atoms with Gasteiger partial charge in [0.25, 0.3) is 0 Å². The van der Waals surface area contributed by atoms with E-state index < -0.39 is 0 Å². The molecule has 1 N–H and O–H groups in total. The third kappa shape index (κ3) is 2.41. The van der Waals surface area contributed by atoms with E-state index in [-0.39, 0.29) is 0 Å². The molecule has 22 heavy (non-hydrogen) atoms. The number of nitrogens with zero attached hydrogens (tertiary/aromatic N) is 1. The Kier molecular flexibility index (Phi) is 3.75. The highest BCUT2D eigenvalue weighted by molar-refractivity contribution is 5.82. The van der Waals surface area contributed by atoms with Gasteiger partial charge in [-0.1, -0.05) is 6.07 Å². The number of H-pyrrole nitrogens is 1. The molecule has 3 aromatic rings. The number of nitrogens with one attached hydrogen (secondary N) is 1. The molecule has 0 spiro atoms. The van der Waals surface area contributed by atoms with Gasteiger partial charge in [-0.25, -0.2) is 4.98 Å². The van der Waals surface area contributed by atoms with Crippen LogP contribution in [0.1, 0.15) is 18.1 Å². The van der Waals surface area contributed by atoms with Gasteiger partial charge in [0.1, 0.15) is 5.82 Å². The van der Waals surface area contributed by atoms with Crippen LogP contribution in [0.3, 0.4) is 0 Å². The summed E-state index contributed by atoms with van der Waals surface area (Å²) in [6.07, 6.45) is 0. The first-order valence-corrected chi connectivity index (χ1v) is 7.41. The highest BCUT2D eigenvalue weighted by atomic mass is 16.5. The molecule has 1 aromatic heterocycles. The van der Waals surface area contributed by atoms with E-state index in [4.69, 9.17) is 14.5 Å². The van der Waals surface area contributed by atoms with Gasteiger partial charge in [-0.2, -0.15) is 0 Å². The van der Waals surface area contributed by atoms with Gasteiger partial charge >= 0.3 is 0 Å². The second-order valence-electron chi connectivity index (χ2n) is 5.31. The first kappa shape index (κ1) is 14.4. The third-order valence-corrected chi connectivity index (χ3v) is 3.84. The van der Waals surface area contributed by atoms with Crippen LogP contribution in [0, 0.1) is 13.8 Å². The quantitative estimate of drug-likeness (QED) is 0.782. The number of aromatic amines is 1. The molecule has 0 atom stereocenters. The maximum absolute atomic E-state index is 5.64. The van der Waals surface area contributed by atoms with Crippen molar-refractivity contribution in [3.05, 3.63) is 41.5 Å². The second kappa shape index (κ2) is 5.72. The zero-order chi connectivity index (χ0) is 15.7. The molecule has 0 saturated heterocycles. The van der Waals surface area contributed by atoms with E-state index in [1.54, 1.807) is 7.11 Å². The van der Waals surface area contributed by atoms with Crippen molar-refractivity contribution >= 4 is 11.0 Å². The summed E-state index contributed by atoms with van der Waals surface area (Å²) >= 11 is 0. The molecule has 4 heteroatoms. The van der Waals surface area contributed by atoms with Crippen molar-refractivity contribution in [2.75, 3.05) is 13.7 Å². The van der Waals surface area contributed by atoms with Gasteiger partial charge in [-0.15, -0.1) is 0 Å². The van der Waals surface area contributed by atoms with Crippen molar-refractivity contribution in [2.24, 2.45) is 0 Å². The van der Waals surface area contributed by atoms with Crippen molar-refractivity contribution in [3.8, 4) is 22.9 Å². The van der Waals surface area contributed by atoms with Crippen LogP contribution >= 0.6 is 0 Å². The van der Waals surface area contributed by atoms with Crippen molar-refractivity contribution in [1.29, 1.82) is 0 Å². The summed E-state index contributed by atoms with van der Waals surface area (Å²) < 4.78 is 11.2. The Morgan fingerprint density at radius 1 is 1.14 bits per heavy atom. The smallest absolute Gasteiger partial charge is 0.171 e. The summed E-state index contributed by atoms with van der Waals surface area (Å²) in [6, 6.07) is 10.1. The van der Waals surface area contributed by atoms with Gasteiger partial charge in [0.05, 0.1) is 30.3 Å². The Morgan fingerprint density at radius 2 is 1.91 bits per heavy atom. The number of aryl methyl sites for hydroxylation is 2. The highest BCUT2D eigenvalue weighted by Crippen LogP contribution is 2.37. The molecule has 0 aliphatic carbocycles. The lowest BCUT2D eigenvalue weighted by Gasteiger charge is -2.12. The molecular weight excluding hydrogens is 276 g/mol. The molecule has 0 radical (unpaired) electrons. The Labute approximate surface area is 130 Å². The summed E-state index contributed by atoms with van der Waals surface area (Å²) in [5.41, 5.74) is 5.38. The predicted molar refractivity (Wildman–Crippen MR) is 88.7 cm³/mol. The van der Waals surface area contributed by atoms with E-state index in [1.807, 2.05) is 25.1 Å². The fourth-order valence-electron chi connectivity index (χ4n) is 2.58. The number of ether oxygens (including phenoxy) is 2. The number of imidazole rings is 1. The minimum Gasteiger partial charge on any atom is -0.492 e. The molecular formula is C18H20N2O2. The number of hydrogen-bond donors (Lipinski definition) is 1. The van der Waals surface area contributed by atoms with E-state index in [0.29, 0.717) is 12.4 Å². The molecule has 0 unspecified atom stereocenters. The highest BCUT2D eigenvalue weighted by Gasteiger charge is 2.15. The van der Waals surface area contributed by atoms with Gasteiger partial charge < -0.3 is 14.5 Å². The summed E-state index contributed by atoms with van der Waals surface area (Å²) in [6.45, 7) is 6.75. The Bertz CT molecular complexity index is 782. The average molecular weight is 296 g/mol. The van der Waals surface area contributed by atoms with Crippen LogP contribution in [-0.2, 0) is 0 Å². The molecule has 3 rings (SSSR count). The van der Waals surface area contributed by atoms with Crippen LogP contribution in [-0.4, -0.2) is 23.7 Å². The molecule has 0 aliphatic rings. The lowest BCUT2D eigenvalue weighted by Crippen LogP contribution is -1.97. The fourth-order valence-corrected chi connectivity index (χ4v) is 2.58. The standard InChI is InChI=1S/C18H20N2O2/c1-5-22-16-8-6-7-13(17(16)21-4)18-19-14-9-11(2)12(3)10-15(14)20-18/h6-10H,5H2,1-4H3,(H,19,20). The molecule has 0 bridgehead atoms. The van der Waals surface area contributed by atoms with E-state index in [9.17, 15) is 0 Å². The summed E-state index contributed by atoms with van der Waals surface area (Å²) in [5.74, 6) is 2.23. The predicted octanol–water partition coefficient (Wildman–Crippen LogP) is 4.25. The van der Waals surface area contributed by atoms with Crippen molar-refractivity contribution in [3.63, 3.8) is 0 Å². The monoisotopic (exact) mass is 296 g/mol. The van der Waals surface area contributed by atoms with E-state index in [1.165, 1.54) is 11.1 Å². The first-order valence-electron chi connectivity index (χ1n) is 7.41. The largest absolute Gasteiger partial charge is 0.492 e. The van der Waals surface area contributed by atoms with Crippen LogP contribution in [0.25, 0.3) is 22.4 Å². The minimum atomic E-state index is 0.596. The maximum Gasteiger partial charge on any atom is 0.171 e. The number of para-hydroxylation sites is 1. The topological polar surface area (TPSA) is 47.1 Å². The average Bonchev–Trinajstić information content (AvgIpc) is 2.90. The first-order chi connectivity index (χ1) is 10.6. The number of hydrogen-bond acceptors (Lipinski definition) is 3. The third-order valence-electron chi connectivity index (χ3n) is 3.84. The Morgan fingerprint density at radius 3 is 2.64 bits per heavy atom. The van der Waals surface area contributed by atoms with Gasteiger partial charge in [-0.05, 0) is 56.2 Å².